The van der Waals surface area contributed by atoms with E-state index in [4.69, 9.17) is 5.73 Å². The lowest BCUT2D eigenvalue weighted by Gasteiger charge is -2.19. The number of imidazole rings is 1. The quantitative estimate of drug-likeness (QED) is 0.877. The maximum absolute atomic E-state index is 11.8. The predicted molar refractivity (Wildman–Crippen MR) is 71.9 cm³/mol. The molecule has 1 heterocycles. The van der Waals surface area contributed by atoms with Crippen molar-refractivity contribution in [2.24, 2.45) is 5.73 Å². The lowest BCUT2D eigenvalue weighted by molar-refractivity contribution is 0.552. The summed E-state index contributed by atoms with van der Waals surface area (Å²) >= 11 is 0. The second kappa shape index (κ2) is 4.07. The fourth-order valence-electron chi connectivity index (χ4n) is 1.72. The smallest absolute Gasteiger partial charge is 0.159 e. The molecule has 3 N–H and O–H groups in total. The van der Waals surface area contributed by atoms with Crippen LogP contribution in [-0.4, -0.2) is 24.6 Å². The monoisotopic (exact) mass is 267 g/mol. The van der Waals surface area contributed by atoms with Crippen LogP contribution >= 0.6 is 0 Å². The number of rotatable bonds is 3. The molecule has 0 radical (unpaired) electrons. The molecule has 0 atom stereocenters. The van der Waals surface area contributed by atoms with Gasteiger partial charge >= 0.3 is 0 Å². The van der Waals surface area contributed by atoms with Crippen LogP contribution in [0.1, 0.15) is 25.2 Å². The van der Waals surface area contributed by atoms with E-state index >= 15 is 0 Å². The maximum atomic E-state index is 11.8. The molecule has 2 aromatic rings. The molecule has 0 aliphatic heterocycles. The Morgan fingerprint density at radius 3 is 2.61 bits per heavy atom. The molecule has 18 heavy (non-hydrogen) atoms. The number of nitrogens with zero attached hydrogens (tertiary/aromatic N) is 1. The molecule has 98 valence electrons. The van der Waals surface area contributed by atoms with Crippen molar-refractivity contribution in [2.75, 3.05) is 6.26 Å². The zero-order valence-corrected chi connectivity index (χ0v) is 11.5. The van der Waals surface area contributed by atoms with Gasteiger partial charge in [-0.25, -0.2) is 13.4 Å². The van der Waals surface area contributed by atoms with Gasteiger partial charge in [0.25, 0.3) is 0 Å². The van der Waals surface area contributed by atoms with Gasteiger partial charge in [0.15, 0.2) is 9.84 Å². The van der Waals surface area contributed by atoms with Crippen LogP contribution < -0.4 is 5.73 Å². The normalized spacial score (nSPS) is 13.1. The summed E-state index contributed by atoms with van der Waals surface area (Å²) in [5, 5.41) is 0. The summed E-state index contributed by atoms with van der Waals surface area (Å²) in [7, 11) is -3.25. The van der Waals surface area contributed by atoms with Crippen LogP contribution in [0.4, 0.5) is 0 Å². The molecule has 1 aromatic heterocycles. The largest absolute Gasteiger partial charge is 0.341 e. The van der Waals surface area contributed by atoms with Crippen molar-refractivity contribution >= 4 is 20.9 Å². The fraction of sp³-hybridized carbons (Fsp3) is 0.417. The van der Waals surface area contributed by atoms with Gasteiger partial charge < -0.3 is 10.7 Å². The second-order valence-corrected chi connectivity index (χ2v) is 7.45. The van der Waals surface area contributed by atoms with E-state index in [1.54, 1.807) is 13.8 Å². The number of hydrogen-bond donors (Lipinski definition) is 2. The lowest BCUT2D eigenvalue weighted by Crippen LogP contribution is -2.29. The van der Waals surface area contributed by atoms with E-state index in [0.717, 1.165) is 16.6 Å². The minimum Gasteiger partial charge on any atom is -0.341 e. The van der Waals surface area contributed by atoms with Gasteiger partial charge in [0.1, 0.15) is 10.6 Å². The summed E-state index contributed by atoms with van der Waals surface area (Å²) in [5.41, 5.74) is 8.10. The van der Waals surface area contributed by atoms with Gasteiger partial charge in [0.2, 0.25) is 0 Å². The number of benzene rings is 1. The number of sulfone groups is 1. The Morgan fingerprint density at radius 1 is 1.39 bits per heavy atom. The summed E-state index contributed by atoms with van der Waals surface area (Å²) in [4.78, 5) is 7.48. The number of aromatic nitrogens is 2. The number of nitrogens with two attached hydrogens (primary N) is 1. The number of hydrogen-bond acceptors (Lipinski definition) is 4. The molecule has 5 nitrogen and oxygen atoms in total. The molecule has 0 saturated carbocycles. The average Bonchev–Trinajstić information content (AvgIpc) is 2.71. The van der Waals surface area contributed by atoms with Crippen LogP contribution in [0.2, 0.25) is 0 Å². The Morgan fingerprint density at radius 2 is 2.06 bits per heavy atom. The second-order valence-electron chi connectivity index (χ2n) is 4.89. The zero-order valence-electron chi connectivity index (χ0n) is 10.7. The number of H-pyrrole nitrogens is 1. The summed E-state index contributed by atoms with van der Waals surface area (Å²) in [5.74, 6) is 0.445. The van der Waals surface area contributed by atoms with Crippen molar-refractivity contribution < 1.29 is 8.42 Å². The highest BCUT2D eigenvalue weighted by Crippen LogP contribution is 2.29. The van der Waals surface area contributed by atoms with Gasteiger partial charge in [-0.3, -0.25) is 0 Å². The molecule has 0 spiro atoms. The molecule has 6 heteroatoms. The van der Waals surface area contributed by atoms with E-state index in [-0.39, 0.29) is 0 Å². The highest BCUT2D eigenvalue weighted by atomic mass is 32.2. The molecule has 0 amide bonds. The summed E-state index contributed by atoms with van der Waals surface area (Å²) < 4.78 is 22.6. The lowest BCUT2D eigenvalue weighted by atomic mass is 10.2. The molecule has 2 rings (SSSR count). The Bertz CT molecular complexity index is 686. The molecular weight excluding hydrogens is 250 g/mol. The Labute approximate surface area is 106 Å². The topological polar surface area (TPSA) is 88.8 Å². The number of fused-ring (bicyclic) bond motifs is 1. The Hall–Kier alpha value is -1.40. The molecule has 0 fully saturated rings. The first-order chi connectivity index (χ1) is 8.27. The first-order valence-electron chi connectivity index (χ1n) is 5.65. The van der Waals surface area contributed by atoms with E-state index in [9.17, 15) is 8.42 Å². The van der Waals surface area contributed by atoms with Crippen molar-refractivity contribution in [1.82, 2.24) is 9.97 Å². The van der Waals surface area contributed by atoms with Crippen LogP contribution in [0.3, 0.4) is 0 Å². The minimum atomic E-state index is -3.25. The van der Waals surface area contributed by atoms with E-state index in [0.29, 0.717) is 12.4 Å². The van der Waals surface area contributed by atoms with Crippen LogP contribution in [-0.2, 0) is 21.1 Å². The number of nitrogens with one attached hydrogen (secondary N) is 1. The maximum Gasteiger partial charge on any atom is 0.159 e. The van der Waals surface area contributed by atoms with Crippen molar-refractivity contribution in [3.05, 3.63) is 29.6 Å². The summed E-state index contributed by atoms with van der Waals surface area (Å²) in [6.45, 7) is 3.66. The van der Waals surface area contributed by atoms with E-state index in [1.165, 1.54) is 6.26 Å². The molecule has 1 aromatic carbocycles. The summed E-state index contributed by atoms with van der Waals surface area (Å²) in [6, 6.07) is 5.63. The third-order valence-corrected chi connectivity index (χ3v) is 5.36. The third kappa shape index (κ3) is 1.91. The minimum absolute atomic E-state index is 0.376. The highest BCUT2D eigenvalue weighted by molar-refractivity contribution is 7.91. The van der Waals surface area contributed by atoms with Crippen LogP contribution in [0, 0.1) is 0 Å². The van der Waals surface area contributed by atoms with Gasteiger partial charge in [-0.1, -0.05) is 12.1 Å². The molecule has 0 aliphatic carbocycles. The van der Waals surface area contributed by atoms with E-state index in [2.05, 4.69) is 9.97 Å². The van der Waals surface area contributed by atoms with Gasteiger partial charge in [-0.05, 0) is 25.5 Å². The molecular formula is C12H17N3O2S. The number of para-hydroxylation sites is 1. The zero-order chi connectivity index (χ0) is 13.6. The standard InChI is InChI=1S/C12H17N3O2S/c1-12(2,18(3,16)17)11-14-9-6-4-5-8(7-13)10(9)15-11/h4-6H,7,13H2,1-3H3,(H,14,15). The Kier molecular flexibility index (Phi) is 2.95. The average molecular weight is 267 g/mol. The van der Waals surface area contributed by atoms with Gasteiger partial charge in [-0.15, -0.1) is 0 Å². The van der Waals surface area contributed by atoms with Crippen LogP contribution in [0.25, 0.3) is 11.0 Å². The first kappa shape index (κ1) is 13.0. The van der Waals surface area contributed by atoms with Crippen LogP contribution in [0.5, 0.6) is 0 Å². The van der Waals surface area contributed by atoms with Crippen molar-refractivity contribution in [3.63, 3.8) is 0 Å². The van der Waals surface area contributed by atoms with Crippen molar-refractivity contribution in [1.29, 1.82) is 0 Å². The molecule has 0 saturated heterocycles. The van der Waals surface area contributed by atoms with Gasteiger partial charge in [-0.2, -0.15) is 0 Å². The van der Waals surface area contributed by atoms with E-state index < -0.39 is 14.6 Å². The molecule has 0 aliphatic rings. The molecule has 0 bridgehead atoms. The highest BCUT2D eigenvalue weighted by Gasteiger charge is 2.35. The SMILES string of the molecule is CC(C)(c1nc2c(CN)cccc2[nH]1)S(C)(=O)=O. The van der Waals surface area contributed by atoms with Gasteiger partial charge in [0, 0.05) is 12.8 Å². The van der Waals surface area contributed by atoms with Crippen LogP contribution in [0.15, 0.2) is 18.2 Å². The number of aromatic amines is 1. The Balaban J connectivity index is 2.69. The summed E-state index contributed by atoms with van der Waals surface area (Å²) in [6.07, 6.45) is 1.21. The fourth-order valence-corrected chi connectivity index (χ4v) is 2.16. The molecule has 0 unspecified atom stereocenters. The first-order valence-corrected chi connectivity index (χ1v) is 7.54. The van der Waals surface area contributed by atoms with Crippen molar-refractivity contribution in [3.8, 4) is 0 Å². The van der Waals surface area contributed by atoms with Gasteiger partial charge in [0.05, 0.1) is 11.0 Å². The van der Waals surface area contributed by atoms with Crippen molar-refractivity contribution in [2.45, 2.75) is 25.1 Å². The third-order valence-electron chi connectivity index (χ3n) is 3.31. The van der Waals surface area contributed by atoms with E-state index in [1.807, 2.05) is 18.2 Å². The predicted octanol–water partition coefficient (Wildman–Crippen LogP) is 1.30.